The van der Waals surface area contributed by atoms with E-state index in [0.717, 1.165) is 17.7 Å². The van der Waals surface area contributed by atoms with Gasteiger partial charge in [0.1, 0.15) is 0 Å². The second-order valence-electron chi connectivity index (χ2n) is 4.56. The van der Waals surface area contributed by atoms with Gasteiger partial charge in [0.05, 0.1) is 7.11 Å². The summed E-state index contributed by atoms with van der Waals surface area (Å²) in [6.45, 7) is 2.11. The van der Waals surface area contributed by atoms with E-state index in [2.05, 4.69) is 12.2 Å². The largest absolute Gasteiger partial charge is 0.467 e. The van der Waals surface area contributed by atoms with E-state index in [0.29, 0.717) is 0 Å². The van der Waals surface area contributed by atoms with Gasteiger partial charge in [-0.2, -0.15) is 0 Å². The molecule has 0 saturated heterocycles. The van der Waals surface area contributed by atoms with Crippen molar-refractivity contribution in [2.24, 2.45) is 0 Å². The Kier molecular flexibility index (Phi) is 4.77. The van der Waals surface area contributed by atoms with E-state index in [1.54, 1.807) is 0 Å². The molecule has 3 heteroatoms. The first-order valence-corrected chi connectivity index (χ1v) is 6.73. The molecule has 2 aromatic carbocycles. The zero-order chi connectivity index (χ0) is 14.4. The Labute approximate surface area is 119 Å². The zero-order valence-corrected chi connectivity index (χ0v) is 11.8. The summed E-state index contributed by atoms with van der Waals surface area (Å²) < 4.78 is 4.89. The number of anilines is 1. The highest BCUT2D eigenvalue weighted by Crippen LogP contribution is 2.21. The van der Waals surface area contributed by atoms with Crippen molar-refractivity contribution in [3.8, 4) is 0 Å². The predicted molar refractivity (Wildman–Crippen MR) is 80.6 cm³/mol. The highest BCUT2D eigenvalue weighted by molar-refractivity contribution is 5.81. The second kappa shape index (κ2) is 6.75. The van der Waals surface area contributed by atoms with Crippen LogP contribution in [0.4, 0.5) is 5.69 Å². The topological polar surface area (TPSA) is 38.3 Å². The number of aryl methyl sites for hydroxylation is 1. The first-order chi connectivity index (χ1) is 9.74. The lowest BCUT2D eigenvalue weighted by atomic mass is 10.0. The lowest BCUT2D eigenvalue weighted by molar-refractivity contribution is -0.141. The molecule has 0 saturated carbocycles. The van der Waals surface area contributed by atoms with Gasteiger partial charge >= 0.3 is 5.97 Å². The fraction of sp³-hybridized carbons (Fsp3) is 0.235. The average molecular weight is 269 g/mol. The van der Waals surface area contributed by atoms with Crippen LogP contribution in [0.25, 0.3) is 0 Å². The minimum absolute atomic E-state index is 0.293. The van der Waals surface area contributed by atoms with E-state index in [4.69, 9.17) is 4.74 Å². The number of esters is 1. The number of methoxy groups -OCH3 is 1. The third-order valence-electron chi connectivity index (χ3n) is 3.24. The molecule has 1 N–H and O–H groups in total. The van der Waals surface area contributed by atoms with Gasteiger partial charge in [-0.25, -0.2) is 4.79 Å². The SMILES string of the molecule is CCc1ccc(C(Nc2ccccc2)C(=O)OC)cc1. The summed E-state index contributed by atoms with van der Waals surface area (Å²) in [6.07, 6.45) is 0.981. The molecule has 0 aliphatic carbocycles. The monoisotopic (exact) mass is 269 g/mol. The maximum absolute atomic E-state index is 12.0. The van der Waals surface area contributed by atoms with Crippen LogP contribution in [0, 0.1) is 0 Å². The molecule has 0 spiro atoms. The molecule has 20 heavy (non-hydrogen) atoms. The molecule has 0 aromatic heterocycles. The summed E-state index contributed by atoms with van der Waals surface area (Å²) in [6, 6.07) is 17.2. The normalized spacial score (nSPS) is 11.7. The van der Waals surface area contributed by atoms with Crippen LogP contribution in [0.2, 0.25) is 0 Å². The van der Waals surface area contributed by atoms with E-state index < -0.39 is 6.04 Å². The van der Waals surface area contributed by atoms with Gasteiger partial charge in [0.2, 0.25) is 0 Å². The van der Waals surface area contributed by atoms with Crippen LogP contribution < -0.4 is 5.32 Å². The molecule has 0 fully saturated rings. The summed E-state index contributed by atoms with van der Waals surface area (Å²) in [7, 11) is 1.41. The molecule has 3 nitrogen and oxygen atoms in total. The highest BCUT2D eigenvalue weighted by Gasteiger charge is 2.21. The number of carbonyl (C=O) groups is 1. The zero-order valence-electron chi connectivity index (χ0n) is 11.8. The van der Waals surface area contributed by atoms with Crippen LogP contribution in [0.5, 0.6) is 0 Å². The van der Waals surface area contributed by atoms with E-state index >= 15 is 0 Å². The number of para-hydroxylation sites is 1. The van der Waals surface area contributed by atoms with Gasteiger partial charge in [0, 0.05) is 5.69 Å². The molecular weight excluding hydrogens is 250 g/mol. The molecular formula is C17H19NO2. The molecule has 0 heterocycles. The number of carbonyl (C=O) groups excluding carboxylic acids is 1. The summed E-state index contributed by atoms with van der Waals surface area (Å²) in [5, 5.41) is 3.21. The minimum atomic E-state index is -0.492. The predicted octanol–water partition coefficient (Wildman–Crippen LogP) is 3.58. The number of rotatable bonds is 5. The van der Waals surface area contributed by atoms with Gasteiger partial charge < -0.3 is 10.1 Å². The third-order valence-corrected chi connectivity index (χ3v) is 3.24. The number of hydrogen-bond donors (Lipinski definition) is 1. The van der Waals surface area contributed by atoms with Crippen LogP contribution in [0.1, 0.15) is 24.1 Å². The van der Waals surface area contributed by atoms with E-state index in [1.165, 1.54) is 12.7 Å². The van der Waals surface area contributed by atoms with Crippen molar-refractivity contribution in [1.29, 1.82) is 0 Å². The lowest BCUT2D eigenvalue weighted by Gasteiger charge is -2.18. The van der Waals surface area contributed by atoms with Crippen molar-refractivity contribution in [1.82, 2.24) is 0 Å². The van der Waals surface area contributed by atoms with Gasteiger partial charge in [-0.3, -0.25) is 0 Å². The fourth-order valence-corrected chi connectivity index (χ4v) is 2.04. The van der Waals surface area contributed by atoms with Crippen LogP contribution in [0.15, 0.2) is 54.6 Å². The van der Waals surface area contributed by atoms with Crippen molar-refractivity contribution in [2.75, 3.05) is 12.4 Å². The van der Waals surface area contributed by atoms with Crippen molar-refractivity contribution in [2.45, 2.75) is 19.4 Å². The van der Waals surface area contributed by atoms with Crippen LogP contribution in [-0.2, 0) is 16.0 Å². The Morgan fingerprint density at radius 1 is 1.10 bits per heavy atom. The van der Waals surface area contributed by atoms with Gasteiger partial charge in [-0.1, -0.05) is 49.4 Å². The third kappa shape index (κ3) is 3.38. The number of nitrogens with one attached hydrogen (secondary N) is 1. The minimum Gasteiger partial charge on any atom is -0.467 e. The van der Waals surface area contributed by atoms with Crippen LogP contribution in [-0.4, -0.2) is 13.1 Å². The first-order valence-electron chi connectivity index (χ1n) is 6.73. The molecule has 1 unspecified atom stereocenters. The van der Waals surface area contributed by atoms with Gasteiger partial charge in [-0.05, 0) is 29.7 Å². The summed E-state index contributed by atoms with van der Waals surface area (Å²) >= 11 is 0. The quantitative estimate of drug-likeness (QED) is 0.843. The van der Waals surface area contributed by atoms with Gasteiger partial charge in [0.25, 0.3) is 0 Å². The number of hydrogen-bond acceptors (Lipinski definition) is 3. The number of ether oxygens (including phenoxy) is 1. The Morgan fingerprint density at radius 3 is 2.30 bits per heavy atom. The van der Waals surface area contributed by atoms with Crippen LogP contribution in [0.3, 0.4) is 0 Å². The maximum atomic E-state index is 12.0. The Hall–Kier alpha value is -2.29. The molecule has 0 aliphatic heterocycles. The Bertz CT molecular complexity index is 549. The average Bonchev–Trinajstić information content (AvgIpc) is 2.53. The molecule has 0 amide bonds. The maximum Gasteiger partial charge on any atom is 0.332 e. The Morgan fingerprint density at radius 2 is 1.75 bits per heavy atom. The molecule has 0 aliphatic rings. The molecule has 2 rings (SSSR count). The molecule has 1 atom stereocenters. The van der Waals surface area contributed by atoms with Gasteiger partial charge in [0.15, 0.2) is 6.04 Å². The van der Waals surface area contributed by atoms with Crippen molar-refractivity contribution in [3.05, 3.63) is 65.7 Å². The lowest BCUT2D eigenvalue weighted by Crippen LogP contribution is -2.22. The highest BCUT2D eigenvalue weighted by atomic mass is 16.5. The molecule has 0 radical (unpaired) electrons. The number of benzene rings is 2. The Balaban J connectivity index is 2.25. The van der Waals surface area contributed by atoms with Crippen molar-refractivity contribution in [3.63, 3.8) is 0 Å². The smallest absolute Gasteiger partial charge is 0.332 e. The first kappa shape index (κ1) is 14.1. The summed E-state index contributed by atoms with van der Waals surface area (Å²) in [5.74, 6) is -0.293. The molecule has 2 aromatic rings. The van der Waals surface area contributed by atoms with E-state index in [-0.39, 0.29) is 5.97 Å². The fourth-order valence-electron chi connectivity index (χ4n) is 2.04. The van der Waals surface area contributed by atoms with Crippen molar-refractivity contribution >= 4 is 11.7 Å². The van der Waals surface area contributed by atoms with E-state index in [1.807, 2.05) is 54.6 Å². The summed E-state index contributed by atoms with van der Waals surface area (Å²) in [4.78, 5) is 12.0. The van der Waals surface area contributed by atoms with Gasteiger partial charge in [-0.15, -0.1) is 0 Å². The second-order valence-corrected chi connectivity index (χ2v) is 4.56. The standard InChI is InChI=1S/C17H19NO2/c1-3-13-9-11-14(12-10-13)16(17(19)20-2)18-15-7-5-4-6-8-15/h4-12,16,18H,3H2,1-2H3. The molecule has 0 bridgehead atoms. The van der Waals surface area contributed by atoms with Crippen molar-refractivity contribution < 1.29 is 9.53 Å². The van der Waals surface area contributed by atoms with Crippen LogP contribution >= 0.6 is 0 Å². The van der Waals surface area contributed by atoms with E-state index in [9.17, 15) is 4.79 Å². The molecule has 104 valence electrons. The summed E-state index contributed by atoms with van der Waals surface area (Å²) in [5.41, 5.74) is 3.04.